The molecule has 0 aliphatic heterocycles. The molecule has 0 aliphatic rings. The van der Waals surface area contributed by atoms with Gasteiger partial charge in [0.2, 0.25) is 10.0 Å². The number of sulfonamides is 1. The SMILES string of the molecule is COc1cncc(S(=O)(=O)NC(CC(=O)O)c2ccsc2)c1. The predicted molar refractivity (Wildman–Crippen MR) is 80.4 cm³/mol. The number of carbonyl (C=O) groups is 1. The van der Waals surface area contributed by atoms with E-state index in [1.165, 1.54) is 36.9 Å². The topological polar surface area (TPSA) is 106 Å². The average molecular weight is 342 g/mol. The quantitative estimate of drug-likeness (QED) is 0.792. The Bertz CT molecular complexity index is 744. The van der Waals surface area contributed by atoms with E-state index >= 15 is 0 Å². The van der Waals surface area contributed by atoms with Crippen LogP contribution in [0.4, 0.5) is 0 Å². The second-order valence-electron chi connectivity index (χ2n) is 4.39. The molecule has 7 nitrogen and oxygen atoms in total. The Balaban J connectivity index is 2.29. The van der Waals surface area contributed by atoms with E-state index in [1.54, 1.807) is 16.8 Å². The minimum Gasteiger partial charge on any atom is -0.495 e. The van der Waals surface area contributed by atoms with Crippen molar-refractivity contribution in [3.63, 3.8) is 0 Å². The summed E-state index contributed by atoms with van der Waals surface area (Å²) in [6.07, 6.45) is 2.20. The van der Waals surface area contributed by atoms with E-state index in [9.17, 15) is 13.2 Å². The summed E-state index contributed by atoms with van der Waals surface area (Å²) in [6.45, 7) is 0. The van der Waals surface area contributed by atoms with Gasteiger partial charge in [0.05, 0.1) is 25.8 Å². The minimum absolute atomic E-state index is 0.0857. The molecule has 2 aromatic rings. The molecule has 0 saturated carbocycles. The normalized spacial score (nSPS) is 12.8. The highest BCUT2D eigenvalue weighted by Crippen LogP contribution is 2.23. The van der Waals surface area contributed by atoms with Crippen LogP contribution in [0.25, 0.3) is 0 Å². The Morgan fingerprint density at radius 2 is 2.27 bits per heavy atom. The fraction of sp³-hybridized carbons (Fsp3) is 0.231. The largest absolute Gasteiger partial charge is 0.495 e. The Morgan fingerprint density at radius 3 is 2.86 bits per heavy atom. The number of hydrogen-bond donors (Lipinski definition) is 2. The second kappa shape index (κ2) is 6.86. The van der Waals surface area contributed by atoms with Crippen LogP contribution >= 0.6 is 11.3 Å². The molecule has 1 unspecified atom stereocenters. The Morgan fingerprint density at radius 1 is 1.50 bits per heavy atom. The molecule has 2 heterocycles. The molecular formula is C13H14N2O5S2. The zero-order valence-corrected chi connectivity index (χ0v) is 13.2. The number of ether oxygens (including phenoxy) is 1. The molecule has 2 aromatic heterocycles. The number of hydrogen-bond acceptors (Lipinski definition) is 6. The van der Waals surface area contributed by atoms with Gasteiger partial charge in [-0.3, -0.25) is 9.78 Å². The van der Waals surface area contributed by atoms with E-state index in [4.69, 9.17) is 9.84 Å². The molecule has 0 aromatic carbocycles. The number of carboxylic acids is 1. The first-order valence-electron chi connectivity index (χ1n) is 6.17. The molecule has 9 heteroatoms. The smallest absolute Gasteiger partial charge is 0.305 e. The molecule has 0 amide bonds. The molecule has 0 fully saturated rings. The predicted octanol–water partition coefficient (Wildman–Crippen LogP) is 1.65. The van der Waals surface area contributed by atoms with Gasteiger partial charge in [-0.2, -0.15) is 11.3 Å². The number of rotatable bonds is 7. The Hall–Kier alpha value is -1.97. The maximum absolute atomic E-state index is 12.4. The second-order valence-corrected chi connectivity index (χ2v) is 6.88. The van der Waals surface area contributed by atoms with Gasteiger partial charge in [0.25, 0.3) is 0 Å². The lowest BCUT2D eigenvalue weighted by atomic mass is 10.1. The number of nitrogens with one attached hydrogen (secondary N) is 1. The Labute approximate surface area is 131 Å². The van der Waals surface area contributed by atoms with Crippen molar-refractivity contribution < 1.29 is 23.1 Å². The summed E-state index contributed by atoms with van der Waals surface area (Å²) in [4.78, 5) is 14.7. The standard InChI is InChI=1S/C13H14N2O5S2/c1-20-10-4-11(7-14-6-10)22(18,19)15-12(5-13(16)17)9-2-3-21-8-9/h2-4,6-8,12,15H,5H2,1H3,(H,16,17). The number of pyridine rings is 1. The number of nitrogens with zero attached hydrogens (tertiary/aromatic N) is 1. The highest BCUT2D eigenvalue weighted by molar-refractivity contribution is 7.89. The molecule has 2 N–H and O–H groups in total. The van der Waals surface area contributed by atoms with Crippen LogP contribution in [-0.2, 0) is 14.8 Å². The highest BCUT2D eigenvalue weighted by Gasteiger charge is 2.24. The Kier molecular flexibility index (Phi) is 5.11. The van der Waals surface area contributed by atoms with Crippen LogP contribution in [0, 0.1) is 0 Å². The van der Waals surface area contributed by atoms with Crippen molar-refractivity contribution in [2.75, 3.05) is 7.11 Å². The number of thiophene rings is 1. The van der Waals surface area contributed by atoms with Crippen molar-refractivity contribution in [1.82, 2.24) is 9.71 Å². The number of carboxylic acid groups (broad SMARTS) is 1. The number of aromatic nitrogens is 1. The zero-order valence-electron chi connectivity index (χ0n) is 11.6. The third-order valence-corrected chi connectivity index (χ3v) is 5.00. The zero-order chi connectivity index (χ0) is 16.2. The van der Waals surface area contributed by atoms with Gasteiger partial charge in [0.15, 0.2) is 0 Å². The lowest BCUT2D eigenvalue weighted by molar-refractivity contribution is -0.137. The van der Waals surface area contributed by atoms with Crippen LogP contribution in [-0.4, -0.2) is 31.6 Å². The van der Waals surface area contributed by atoms with Crippen molar-refractivity contribution >= 4 is 27.3 Å². The summed E-state index contributed by atoms with van der Waals surface area (Å²) >= 11 is 1.36. The summed E-state index contributed by atoms with van der Waals surface area (Å²) in [5, 5.41) is 12.4. The summed E-state index contributed by atoms with van der Waals surface area (Å²) in [7, 11) is -2.51. The molecule has 0 aliphatic carbocycles. The lowest BCUT2D eigenvalue weighted by Gasteiger charge is -2.16. The van der Waals surface area contributed by atoms with Gasteiger partial charge < -0.3 is 9.84 Å². The van der Waals surface area contributed by atoms with Crippen molar-refractivity contribution in [3.8, 4) is 5.75 Å². The minimum atomic E-state index is -3.91. The maximum Gasteiger partial charge on any atom is 0.305 e. The van der Waals surface area contributed by atoms with Crippen LogP contribution < -0.4 is 9.46 Å². The van der Waals surface area contributed by atoms with Gasteiger partial charge in [-0.05, 0) is 22.4 Å². The number of aliphatic carboxylic acids is 1. The van der Waals surface area contributed by atoms with Crippen LogP contribution in [0.2, 0.25) is 0 Å². The van der Waals surface area contributed by atoms with Gasteiger partial charge in [-0.1, -0.05) is 0 Å². The summed E-state index contributed by atoms with van der Waals surface area (Å²) < 4.78 is 32.1. The number of methoxy groups -OCH3 is 1. The van der Waals surface area contributed by atoms with Crippen LogP contribution in [0.3, 0.4) is 0 Å². The molecule has 0 spiro atoms. The van der Waals surface area contributed by atoms with E-state index in [-0.39, 0.29) is 11.3 Å². The van der Waals surface area contributed by atoms with E-state index in [1.807, 2.05) is 0 Å². The first-order valence-corrected chi connectivity index (χ1v) is 8.60. The summed E-state index contributed by atoms with van der Waals surface area (Å²) in [5.41, 5.74) is 0.604. The fourth-order valence-electron chi connectivity index (χ4n) is 1.79. The van der Waals surface area contributed by atoms with E-state index < -0.39 is 22.0 Å². The first kappa shape index (κ1) is 16.4. The van der Waals surface area contributed by atoms with Crippen LogP contribution in [0.5, 0.6) is 5.75 Å². The van der Waals surface area contributed by atoms with E-state index in [2.05, 4.69) is 9.71 Å². The van der Waals surface area contributed by atoms with Gasteiger partial charge in [-0.25, -0.2) is 13.1 Å². The van der Waals surface area contributed by atoms with Gasteiger partial charge >= 0.3 is 5.97 Å². The van der Waals surface area contributed by atoms with Crippen LogP contribution in [0.15, 0.2) is 40.2 Å². The summed E-state index contributed by atoms with van der Waals surface area (Å²) in [5.74, 6) is -0.795. The van der Waals surface area contributed by atoms with Crippen molar-refractivity contribution in [3.05, 3.63) is 40.8 Å². The summed E-state index contributed by atoms with van der Waals surface area (Å²) in [6, 6.07) is 2.16. The fourth-order valence-corrected chi connectivity index (χ4v) is 3.70. The lowest BCUT2D eigenvalue weighted by Crippen LogP contribution is -2.30. The molecule has 0 bridgehead atoms. The molecule has 22 heavy (non-hydrogen) atoms. The molecule has 0 saturated heterocycles. The third kappa shape index (κ3) is 4.03. The van der Waals surface area contributed by atoms with E-state index in [0.717, 1.165) is 0 Å². The average Bonchev–Trinajstić information content (AvgIpc) is 3.00. The van der Waals surface area contributed by atoms with Crippen molar-refractivity contribution in [2.24, 2.45) is 0 Å². The molecule has 0 radical (unpaired) electrons. The molecule has 2 rings (SSSR count). The van der Waals surface area contributed by atoms with Gasteiger partial charge in [0, 0.05) is 12.3 Å². The van der Waals surface area contributed by atoms with Crippen molar-refractivity contribution in [1.29, 1.82) is 0 Å². The van der Waals surface area contributed by atoms with Crippen molar-refractivity contribution in [2.45, 2.75) is 17.4 Å². The van der Waals surface area contributed by atoms with Gasteiger partial charge in [0.1, 0.15) is 10.6 Å². The first-order chi connectivity index (χ1) is 10.4. The highest BCUT2D eigenvalue weighted by atomic mass is 32.2. The van der Waals surface area contributed by atoms with E-state index in [0.29, 0.717) is 11.3 Å². The van der Waals surface area contributed by atoms with Gasteiger partial charge in [-0.15, -0.1) is 0 Å². The third-order valence-electron chi connectivity index (χ3n) is 2.86. The molecule has 118 valence electrons. The monoisotopic (exact) mass is 342 g/mol. The molecule has 1 atom stereocenters. The molecular weight excluding hydrogens is 328 g/mol. The maximum atomic E-state index is 12.4. The van der Waals surface area contributed by atoms with Crippen LogP contribution in [0.1, 0.15) is 18.0 Å².